The van der Waals surface area contributed by atoms with Gasteiger partial charge in [-0.2, -0.15) is 0 Å². The molecule has 0 spiro atoms. The van der Waals surface area contributed by atoms with E-state index < -0.39 is 16.4 Å². The number of hydrogen-bond acceptors (Lipinski definition) is 4. The summed E-state index contributed by atoms with van der Waals surface area (Å²) in [5.74, 6) is 1.81. The van der Waals surface area contributed by atoms with E-state index in [2.05, 4.69) is 0 Å². The smallest absolute Gasteiger partial charge is 0.119 e. The largest absolute Gasteiger partial charge is 0.497 e. The number of aliphatic hydroxyl groups is 1. The fourth-order valence-electron chi connectivity index (χ4n) is 2.84. The summed E-state index contributed by atoms with van der Waals surface area (Å²) in [7, 11) is 4.74. The molecule has 1 N–H and O–H groups in total. The van der Waals surface area contributed by atoms with Gasteiger partial charge < -0.3 is 14.7 Å². The maximum atomic E-state index is 11.9. The number of ether oxygens (including phenoxy) is 1. The first-order valence-electron chi connectivity index (χ1n) is 6.82. The highest BCUT2D eigenvalue weighted by molar-refractivity contribution is 7.85. The van der Waals surface area contributed by atoms with Crippen LogP contribution in [0.3, 0.4) is 0 Å². The van der Waals surface area contributed by atoms with Crippen molar-refractivity contribution < 1.29 is 14.1 Å². The van der Waals surface area contributed by atoms with Crippen LogP contribution in [0.4, 0.5) is 0 Å². The number of benzene rings is 1. The van der Waals surface area contributed by atoms with Crippen LogP contribution in [-0.2, 0) is 16.4 Å². The van der Waals surface area contributed by atoms with Crippen LogP contribution in [-0.4, -0.2) is 53.5 Å². The Labute approximate surface area is 135 Å². The zero-order valence-electron chi connectivity index (χ0n) is 12.7. The summed E-state index contributed by atoms with van der Waals surface area (Å²) >= 11 is 0. The van der Waals surface area contributed by atoms with Crippen molar-refractivity contribution in [1.82, 2.24) is 4.90 Å². The topological polar surface area (TPSA) is 49.8 Å². The fraction of sp³-hybridized carbons (Fsp3) is 0.600. The molecule has 0 radical (unpaired) electrons. The van der Waals surface area contributed by atoms with Gasteiger partial charge in [0.2, 0.25) is 0 Å². The normalized spacial score (nSPS) is 29.0. The Morgan fingerprint density at radius 1 is 1.48 bits per heavy atom. The van der Waals surface area contributed by atoms with E-state index in [-0.39, 0.29) is 18.3 Å². The van der Waals surface area contributed by atoms with Crippen LogP contribution < -0.4 is 4.74 Å². The molecule has 2 rings (SSSR count). The number of halogens is 1. The van der Waals surface area contributed by atoms with Crippen LogP contribution in [0, 0.1) is 5.92 Å². The van der Waals surface area contributed by atoms with Crippen LogP contribution in [0.5, 0.6) is 5.75 Å². The van der Waals surface area contributed by atoms with Gasteiger partial charge in [0.05, 0.1) is 12.7 Å². The van der Waals surface area contributed by atoms with Gasteiger partial charge in [-0.05, 0) is 38.2 Å². The van der Waals surface area contributed by atoms with Gasteiger partial charge >= 0.3 is 0 Å². The fourth-order valence-corrected chi connectivity index (χ4v) is 4.37. The lowest BCUT2D eigenvalue weighted by molar-refractivity contribution is -0.0304. The van der Waals surface area contributed by atoms with E-state index in [1.807, 2.05) is 43.3 Å². The van der Waals surface area contributed by atoms with Crippen molar-refractivity contribution in [2.24, 2.45) is 5.92 Å². The van der Waals surface area contributed by atoms with E-state index in [9.17, 15) is 9.32 Å². The molecule has 1 saturated heterocycles. The first-order chi connectivity index (χ1) is 9.45. The number of hydrogen-bond donors (Lipinski definition) is 1. The Hall–Kier alpha value is -0.620. The van der Waals surface area contributed by atoms with E-state index in [1.54, 1.807) is 7.11 Å². The van der Waals surface area contributed by atoms with E-state index in [4.69, 9.17) is 4.74 Å². The maximum absolute atomic E-state index is 11.9. The molecular weight excluding hydrogens is 310 g/mol. The van der Waals surface area contributed by atoms with Crippen LogP contribution >= 0.6 is 12.4 Å². The second-order valence-corrected chi connectivity index (χ2v) is 7.30. The molecule has 0 bridgehead atoms. The monoisotopic (exact) mass is 333 g/mol. The quantitative estimate of drug-likeness (QED) is 0.910. The Bertz CT molecular complexity index is 498. The van der Waals surface area contributed by atoms with Gasteiger partial charge in [0.15, 0.2) is 0 Å². The first kappa shape index (κ1) is 18.4. The highest BCUT2D eigenvalue weighted by Gasteiger charge is 2.43. The molecule has 1 heterocycles. The van der Waals surface area contributed by atoms with E-state index in [1.165, 1.54) is 0 Å². The summed E-state index contributed by atoms with van der Waals surface area (Å²) in [6.45, 7) is 0.722. The molecule has 1 aliphatic rings. The van der Waals surface area contributed by atoms with Crippen LogP contribution in [0.1, 0.15) is 12.0 Å². The molecule has 0 saturated carbocycles. The molecular formula is C15H24ClNO3S. The summed E-state index contributed by atoms with van der Waals surface area (Å²) in [5.41, 5.74) is -0.0624. The SMILES string of the molecule is COc1cccc(C2(O)CCS(=O)CC2CN(C)C)c1.Cl. The van der Waals surface area contributed by atoms with Gasteiger partial charge in [0, 0.05) is 34.8 Å². The van der Waals surface area contributed by atoms with Crippen molar-refractivity contribution in [2.75, 3.05) is 39.3 Å². The average molecular weight is 334 g/mol. The molecule has 6 heteroatoms. The van der Waals surface area contributed by atoms with Gasteiger partial charge in [-0.3, -0.25) is 4.21 Å². The molecule has 1 aliphatic heterocycles. The molecule has 1 aromatic rings. The molecule has 3 unspecified atom stereocenters. The van der Waals surface area contributed by atoms with Crippen molar-refractivity contribution in [3.63, 3.8) is 0 Å². The molecule has 3 atom stereocenters. The molecule has 1 aromatic carbocycles. The number of rotatable bonds is 4. The second kappa shape index (κ2) is 7.58. The standard InChI is InChI=1S/C15H23NO3S.ClH/c1-16(2)10-13-11-20(18)8-7-15(13,17)12-5-4-6-14(9-12)19-3;/h4-6,9,13,17H,7-8,10-11H2,1-3H3;1H. The van der Waals surface area contributed by atoms with Gasteiger partial charge in [-0.1, -0.05) is 12.1 Å². The molecule has 4 nitrogen and oxygen atoms in total. The van der Waals surface area contributed by atoms with Crippen molar-refractivity contribution >= 4 is 23.2 Å². The number of methoxy groups -OCH3 is 1. The molecule has 0 aromatic heterocycles. The highest BCUT2D eigenvalue weighted by atomic mass is 35.5. The minimum Gasteiger partial charge on any atom is -0.497 e. The lowest BCUT2D eigenvalue weighted by Crippen LogP contribution is -2.48. The zero-order chi connectivity index (χ0) is 14.8. The summed E-state index contributed by atoms with van der Waals surface area (Å²) < 4.78 is 17.1. The third kappa shape index (κ3) is 4.19. The van der Waals surface area contributed by atoms with E-state index in [0.717, 1.165) is 17.9 Å². The number of nitrogens with zero attached hydrogens (tertiary/aromatic N) is 1. The van der Waals surface area contributed by atoms with Crippen LogP contribution in [0.15, 0.2) is 24.3 Å². The van der Waals surface area contributed by atoms with Crippen LogP contribution in [0.25, 0.3) is 0 Å². The van der Waals surface area contributed by atoms with E-state index in [0.29, 0.717) is 17.9 Å². The van der Waals surface area contributed by atoms with Gasteiger partial charge in [-0.15, -0.1) is 12.4 Å². The molecule has 0 amide bonds. The van der Waals surface area contributed by atoms with Crippen LogP contribution in [0.2, 0.25) is 0 Å². The van der Waals surface area contributed by atoms with Crippen molar-refractivity contribution in [1.29, 1.82) is 0 Å². The summed E-state index contributed by atoms with van der Waals surface area (Å²) in [6.07, 6.45) is 0.533. The zero-order valence-corrected chi connectivity index (χ0v) is 14.4. The second-order valence-electron chi connectivity index (χ2n) is 5.68. The molecule has 1 fully saturated rings. The summed E-state index contributed by atoms with van der Waals surface area (Å²) in [4.78, 5) is 2.04. The van der Waals surface area contributed by atoms with Gasteiger partial charge in [0.25, 0.3) is 0 Å². The van der Waals surface area contributed by atoms with E-state index >= 15 is 0 Å². The third-order valence-electron chi connectivity index (χ3n) is 3.93. The molecule has 0 aliphatic carbocycles. The van der Waals surface area contributed by atoms with Crippen molar-refractivity contribution in [3.05, 3.63) is 29.8 Å². The highest BCUT2D eigenvalue weighted by Crippen LogP contribution is 2.38. The minimum atomic E-state index is -0.924. The Morgan fingerprint density at radius 3 is 2.81 bits per heavy atom. The van der Waals surface area contributed by atoms with Crippen molar-refractivity contribution in [3.8, 4) is 5.75 Å². The van der Waals surface area contributed by atoms with Crippen molar-refractivity contribution in [2.45, 2.75) is 12.0 Å². The Kier molecular flexibility index (Phi) is 6.66. The molecule has 21 heavy (non-hydrogen) atoms. The first-order valence-corrected chi connectivity index (χ1v) is 8.31. The lowest BCUT2D eigenvalue weighted by Gasteiger charge is -2.41. The predicted octanol–water partition coefficient (Wildman–Crippen LogP) is 1.63. The minimum absolute atomic E-state index is 0. The summed E-state index contributed by atoms with van der Waals surface area (Å²) in [6, 6.07) is 7.58. The maximum Gasteiger partial charge on any atom is 0.119 e. The van der Waals surface area contributed by atoms with Gasteiger partial charge in [-0.25, -0.2) is 0 Å². The van der Waals surface area contributed by atoms with Gasteiger partial charge in [0.1, 0.15) is 5.75 Å². The molecule has 120 valence electrons. The lowest BCUT2D eigenvalue weighted by atomic mass is 9.79. The summed E-state index contributed by atoms with van der Waals surface area (Å²) in [5, 5.41) is 11.2. The predicted molar refractivity (Wildman–Crippen MR) is 88.7 cm³/mol. The average Bonchev–Trinajstić information content (AvgIpc) is 2.42. The third-order valence-corrected chi connectivity index (χ3v) is 5.36. The Balaban J connectivity index is 0.00000220. The Morgan fingerprint density at radius 2 is 2.19 bits per heavy atom.